The lowest BCUT2D eigenvalue weighted by atomic mass is 9.97. The van der Waals surface area contributed by atoms with Gasteiger partial charge in [0.1, 0.15) is 11.5 Å². The third-order valence-corrected chi connectivity index (χ3v) is 6.74. The van der Waals surface area contributed by atoms with E-state index in [-0.39, 0.29) is 17.6 Å². The van der Waals surface area contributed by atoms with E-state index in [0.29, 0.717) is 54.1 Å². The van der Waals surface area contributed by atoms with Crippen molar-refractivity contribution >= 4 is 17.3 Å². The highest BCUT2D eigenvalue weighted by molar-refractivity contribution is 5.93. The van der Waals surface area contributed by atoms with Crippen molar-refractivity contribution < 1.29 is 13.6 Å². The Morgan fingerprint density at radius 2 is 1.89 bits per heavy atom. The highest BCUT2D eigenvalue weighted by Crippen LogP contribution is 2.30. The summed E-state index contributed by atoms with van der Waals surface area (Å²) in [5.41, 5.74) is 3.56. The second kappa shape index (κ2) is 9.10. The normalized spacial score (nSPS) is 15.5. The lowest BCUT2D eigenvalue weighted by Crippen LogP contribution is -2.60. The Labute approximate surface area is 214 Å². The number of hydrogen-bond acceptors (Lipinski definition) is 7. The third-order valence-electron chi connectivity index (χ3n) is 6.74. The summed E-state index contributed by atoms with van der Waals surface area (Å²) in [5.74, 6) is 0.551. The van der Waals surface area contributed by atoms with Crippen molar-refractivity contribution in [3.8, 4) is 11.3 Å². The zero-order valence-electron chi connectivity index (χ0n) is 21.7. The van der Waals surface area contributed by atoms with Crippen LogP contribution in [0.3, 0.4) is 0 Å². The van der Waals surface area contributed by atoms with E-state index >= 15 is 0 Å². The van der Waals surface area contributed by atoms with Crippen LogP contribution in [0.2, 0.25) is 0 Å². The summed E-state index contributed by atoms with van der Waals surface area (Å²) in [4.78, 5) is 22.3. The van der Waals surface area contributed by atoms with Crippen molar-refractivity contribution in [3.63, 3.8) is 0 Å². The summed E-state index contributed by atoms with van der Waals surface area (Å²) in [6.45, 7) is 15.7. The molecule has 1 aliphatic heterocycles. The monoisotopic (exact) mass is 503 g/mol. The Kier molecular flexibility index (Phi) is 6.05. The van der Waals surface area contributed by atoms with Gasteiger partial charge < -0.3 is 14.2 Å². The first-order valence-electron chi connectivity index (χ1n) is 12.3. The lowest BCUT2D eigenvalue weighted by molar-refractivity contribution is 0.0306. The zero-order chi connectivity index (χ0) is 26.5. The number of carbonyl (C=O) groups is 1. The SMILES string of the molecule is C=C(c1nnc(C)o1)N1CCN(C(=O)c2cn3nc(-c4ccc(F)cc4)cc(C(C)C)c3n2)C(C)(C)C1. The molecule has 10 heteroatoms. The molecule has 192 valence electrons. The number of fused-ring (bicyclic) bond motifs is 1. The Morgan fingerprint density at radius 3 is 2.51 bits per heavy atom. The van der Waals surface area contributed by atoms with Gasteiger partial charge in [-0.3, -0.25) is 4.79 Å². The van der Waals surface area contributed by atoms with Crippen LogP contribution in [0.15, 0.2) is 47.5 Å². The van der Waals surface area contributed by atoms with Gasteiger partial charge in [-0.2, -0.15) is 5.10 Å². The molecular weight excluding hydrogens is 473 g/mol. The number of amides is 1. The molecule has 5 rings (SSSR count). The first kappa shape index (κ1) is 24.6. The van der Waals surface area contributed by atoms with Crippen LogP contribution in [0.4, 0.5) is 4.39 Å². The first-order valence-corrected chi connectivity index (χ1v) is 12.3. The van der Waals surface area contributed by atoms with Crippen molar-refractivity contribution in [2.24, 2.45) is 0 Å². The van der Waals surface area contributed by atoms with Crippen LogP contribution in [0, 0.1) is 12.7 Å². The molecule has 0 bridgehead atoms. The number of hydrogen-bond donors (Lipinski definition) is 0. The van der Waals surface area contributed by atoms with Crippen LogP contribution in [0.5, 0.6) is 0 Å². The van der Waals surface area contributed by atoms with Crippen molar-refractivity contribution in [3.05, 3.63) is 72.0 Å². The second-order valence-electron chi connectivity index (χ2n) is 10.3. The number of carbonyl (C=O) groups excluding carboxylic acids is 1. The van der Waals surface area contributed by atoms with Gasteiger partial charge in [-0.15, -0.1) is 10.2 Å². The van der Waals surface area contributed by atoms with E-state index in [1.54, 1.807) is 29.8 Å². The van der Waals surface area contributed by atoms with Gasteiger partial charge in [-0.25, -0.2) is 13.9 Å². The Hall–Kier alpha value is -4.08. The predicted molar refractivity (Wildman–Crippen MR) is 137 cm³/mol. The maximum Gasteiger partial charge on any atom is 0.274 e. The number of aryl methyl sites for hydroxylation is 1. The van der Waals surface area contributed by atoms with Crippen LogP contribution < -0.4 is 0 Å². The fraction of sp³-hybridized carbons (Fsp3) is 0.370. The average Bonchev–Trinajstić information content (AvgIpc) is 3.48. The second-order valence-corrected chi connectivity index (χ2v) is 10.3. The van der Waals surface area contributed by atoms with E-state index in [0.717, 1.165) is 11.1 Å². The Bertz CT molecular complexity index is 1490. The standard InChI is InChI=1S/C27H30FN7O2/c1-16(2)21-13-22(19-7-9-20(28)10-8-19)32-35-14-23(29-24(21)35)26(36)34-12-11-33(15-27(34,5)6)17(3)25-31-30-18(4)37-25/h7-10,13-14,16H,3,11-12,15H2,1-2,4-6H3. The van der Waals surface area contributed by atoms with Gasteiger partial charge in [0.15, 0.2) is 5.65 Å². The number of benzene rings is 1. The van der Waals surface area contributed by atoms with Crippen LogP contribution in [0.25, 0.3) is 22.6 Å². The summed E-state index contributed by atoms with van der Waals surface area (Å²) >= 11 is 0. The molecule has 0 radical (unpaired) electrons. The molecule has 1 aliphatic rings. The highest BCUT2D eigenvalue weighted by atomic mass is 19.1. The Morgan fingerprint density at radius 1 is 1.16 bits per heavy atom. The number of piperazine rings is 1. The molecule has 1 amide bonds. The molecule has 3 aromatic heterocycles. The predicted octanol–water partition coefficient (Wildman–Crippen LogP) is 4.56. The van der Waals surface area contributed by atoms with Crippen LogP contribution >= 0.6 is 0 Å². The summed E-state index contributed by atoms with van der Waals surface area (Å²) in [6, 6.07) is 8.18. The summed E-state index contributed by atoms with van der Waals surface area (Å²) in [7, 11) is 0. The van der Waals surface area contributed by atoms with Gasteiger partial charge in [0.2, 0.25) is 5.89 Å². The maximum atomic E-state index is 13.7. The fourth-order valence-electron chi connectivity index (χ4n) is 4.74. The molecular formula is C27H30FN7O2. The van der Waals surface area contributed by atoms with Gasteiger partial charge in [0.05, 0.1) is 23.1 Å². The van der Waals surface area contributed by atoms with Gasteiger partial charge >= 0.3 is 0 Å². The lowest BCUT2D eigenvalue weighted by Gasteiger charge is -2.47. The molecule has 0 unspecified atom stereocenters. The maximum absolute atomic E-state index is 13.7. The summed E-state index contributed by atoms with van der Waals surface area (Å²) < 4.78 is 20.7. The minimum absolute atomic E-state index is 0.148. The van der Waals surface area contributed by atoms with Gasteiger partial charge in [0.25, 0.3) is 11.8 Å². The van der Waals surface area contributed by atoms with E-state index in [1.807, 2.05) is 24.8 Å². The van der Waals surface area contributed by atoms with Gasteiger partial charge in [-0.05, 0) is 50.1 Å². The van der Waals surface area contributed by atoms with Crippen molar-refractivity contribution in [2.75, 3.05) is 19.6 Å². The average molecular weight is 504 g/mol. The third kappa shape index (κ3) is 4.59. The molecule has 1 saturated heterocycles. The van der Waals surface area contributed by atoms with E-state index in [9.17, 15) is 9.18 Å². The number of halogens is 1. The van der Waals surface area contributed by atoms with Crippen LogP contribution in [0.1, 0.15) is 61.4 Å². The highest BCUT2D eigenvalue weighted by Gasteiger charge is 2.39. The minimum Gasteiger partial charge on any atom is -0.420 e. The molecule has 37 heavy (non-hydrogen) atoms. The number of rotatable bonds is 5. The molecule has 0 aliphatic carbocycles. The van der Waals surface area contributed by atoms with Crippen LogP contribution in [-0.4, -0.2) is 65.7 Å². The quantitative estimate of drug-likeness (QED) is 0.394. The molecule has 1 aromatic carbocycles. The van der Waals surface area contributed by atoms with Crippen molar-refractivity contribution in [2.45, 2.75) is 46.1 Å². The molecule has 0 atom stereocenters. The van der Waals surface area contributed by atoms with Crippen molar-refractivity contribution in [1.29, 1.82) is 0 Å². The van der Waals surface area contributed by atoms with E-state index < -0.39 is 5.54 Å². The van der Waals surface area contributed by atoms with E-state index in [4.69, 9.17) is 14.5 Å². The first-order chi connectivity index (χ1) is 17.5. The van der Waals surface area contributed by atoms with E-state index in [2.05, 4.69) is 35.5 Å². The fourth-order valence-corrected chi connectivity index (χ4v) is 4.74. The number of aromatic nitrogens is 5. The largest absolute Gasteiger partial charge is 0.420 e. The topological polar surface area (TPSA) is 92.7 Å². The summed E-state index contributed by atoms with van der Waals surface area (Å²) in [5, 5.41) is 12.7. The van der Waals surface area contributed by atoms with Crippen molar-refractivity contribution in [1.82, 2.24) is 34.6 Å². The molecule has 0 N–H and O–H groups in total. The smallest absolute Gasteiger partial charge is 0.274 e. The minimum atomic E-state index is -0.503. The zero-order valence-corrected chi connectivity index (χ0v) is 21.7. The van der Waals surface area contributed by atoms with Crippen LogP contribution in [-0.2, 0) is 0 Å². The molecule has 1 fully saturated rings. The van der Waals surface area contributed by atoms with E-state index in [1.165, 1.54) is 12.1 Å². The summed E-state index contributed by atoms with van der Waals surface area (Å²) in [6.07, 6.45) is 1.68. The van der Waals surface area contributed by atoms with Gasteiger partial charge in [-0.1, -0.05) is 20.4 Å². The molecule has 4 heterocycles. The molecule has 4 aromatic rings. The molecule has 9 nitrogen and oxygen atoms in total. The molecule has 0 spiro atoms. The van der Waals surface area contributed by atoms with Gasteiger partial charge in [0, 0.05) is 37.7 Å². The number of imidazole rings is 1. The Balaban J connectivity index is 1.43. The number of nitrogens with zero attached hydrogens (tertiary/aromatic N) is 7. The molecule has 0 saturated carbocycles.